The molecule has 0 bridgehead atoms. The molecule has 0 aliphatic carbocycles. The van der Waals surface area contributed by atoms with Crippen molar-refractivity contribution in [1.29, 1.82) is 0 Å². The molecule has 7 heteroatoms. The van der Waals surface area contributed by atoms with Crippen molar-refractivity contribution >= 4 is 28.5 Å². The molecule has 0 fully saturated rings. The molecule has 1 aromatic heterocycles. The summed E-state index contributed by atoms with van der Waals surface area (Å²) in [4.78, 5) is 30.7. The molecule has 0 unspecified atom stereocenters. The Kier molecular flexibility index (Phi) is 4.65. The number of benzene rings is 2. The molecule has 25 heavy (non-hydrogen) atoms. The smallest absolute Gasteiger partial charge is 0.251 e. The van der Waals surface area contributed by atoms with Crippen molar-refractivity contribution in [3.63, 3.8) is 0 Å². The van der Waals surface area contributed by atoms with Crippen molar-refractivity contribution < 1.29 is 14.3 Å². The first kappa shape index (κ1) is 16.5. The molecule has 2 aromatic carbocycles. The third-order valence-electron chi connectivity index (χ3n) is 3.71. The molecule has 1 heterocycles. The van der Waals surface area contributed by atoms with Crippen LogP contribution in [0.15, 0.2) is 42.7 Å². The number of fused-ring (bicyclic) bond motifs is 1. The van der Waals surface area contributed by atoms with Crippen LogP contribution in [0.3, 0.4) is 0 Å². The number of imidazole rings is 1. The lowest BCUT2D eigenvalue weighted by Crippen LogP contribution is -2.22. The Morgan fingerprint density at radius 2 is 2.04 bits per heavy atom. The standard InChI is InChI=1S/C18H18N4O3/c1-11(23)22-16-7-12(3-6-17(16)25-2)9-19-18(24)13-4-5-14-15(8-13)21-10-20-14/h3-8,10H,9H2,1-2H3,(H,19,24)(H,20,21)(H,22,23). The van der Waals surface area contributed by atoms with E-state index in [0.29, 0.717) is 23.5 Å². The van der Waals surface area contributed by atoms with E-state index in [9.17, 15) is 9.59 Å². The van der Waals surface area contributed by atoms with Crippen molar-refractivity contribution in [3.8, 4) is 5.75 Å². The topological polar surface area (TPSA) is 96.1 Å². The number of aromatic amines is 1. The van der Waals surface area contributed by atoms with E-state index in [0.717, 1.165) is 16.6 Å². The molecule has 3 rings (SSSR count). The van der Waals surface area contributed by atoms with Crippen molar-refractivity contribution in [2.45, 2.75) is 13.5 Å². The summed E-state index contributed by atoms with van der Waals surface area (Å²) >= 11 is 0. The second-order valence-electron chi connectivity index (χ2n) is 5.53. The SMILES string of the molecule is COc1ccc(CNC(=O)c2ccc3nc[nH]c3c2)cc1NC(C)=O. The Hall–Kier alpha value is -3.35. The maximum Gasteiger partial charge on any atom is 0.251 e. The molecule has 0 saturated heterocycles. The summed E-state index contributed by atoms with van der Waals surface area (Å²) in [6.45, 7) is 1.76. The van der Waals surface area contributed by atoms with Gasteiger partial charge in [-0.05, 0) is 35.9 Å². The van der Waals surface area contributed by atoms with E-state index in [1.54, 1.807) is 36.7 Å². The molecule has 0 aliphatic heterocycles. The average Bonchev–Trinajstić information content (AvgIpc) is 3.07. The van der Waals surface area contributed by atoms with Gasteiger partial charge in [0.1, 0.15) is 5.75 Å². The number of H-pyrrole nitrogens is 1. The number of nitrogens with zero attached hydrogens (tertiary/aromatic N) is 1. The first-order valence-electron chi connectivity index (χ1n) is 7.72. The molecule has 0 atom stereocenters. The Bertz CT molecular complexity index is 933. The van der Waals surface area contributed by atoms with Crippen LogP contribution >= 0.6 is 0 Å². The zero-order valence-electron chi connectivity index (χ0n) is 13.9. The van der Waals surface area contributed by atoms with Gasteiger partial charge in [-0.15, -0.1) is 0 Å². The molecule has 7 nitrogen and oxygen atoms in total. The van der Waals surface area contributed by atoms with Crippen LogP contribution in [-0.4, -0.2) is 28.9 Å². The number of hydrogen-bond donors (Lipinski definition) is 3. The minimum atomic E-state index is -0.188. The lowest BCUT2D eigenvalue weighted by molar-refractivity contribution is -0.114. The van der Waals surface area contributed by atoms with Crippen LogP contribution in [0.25, 0.3) is 11.0 Å². The summed E-state index contributed by atoms with van der Waals surface area (Å²) in [5, 5.41) is 5.58. The molecule has 0 saturated carbocycles. The van der Waals surface area contributed by atoms with Crippen LogP contribution in [-0.2, 0) is 11.3 Å². The summed E-state index contributed by atoms with van der Waals surface area (Å²) in [5.41, 5.74) is 3.59. The van der Waals surface area contributed by atoms with Gasteiger partial charge in [-0.1, -0.05) is 6.07 Å². The molecule has 0 radical (unpaired) electrons. The molecule has 128 valence electrons. The van der Waals surface area contributed by atoms with Crippen LogP contribution in [0.5, 0.6) is 5.75 Å². The predicted molar refractivity (Wildman–Crippen MR) is 94.6 cm³/mol. The second kappa shape index (κ2) is 7.04. The molecular weight excluding hydrogens is 320 g/mol. The molecule has 2 amide bonds. The van der Waals surface area contributed by atoms with E-state index in [1.807, 2.05) is 6.07 Å². The minimum Gasteiger partial charge on any atom is -0.495 e. The minimum absolute atomic E-state index is 0.187. The van der Waals surface area contributed by atoms with Gasteiger partial charge in [0.2, 0.25) is 5.91 Å². The highest BCUT2D eigenvalue weighted by Crippen LogP contribution is 2.25. The molecular formula is C18H18N4O3. The number of carbonyl (C=O) groups excluding carboxylic acids is 2. The number of aromatic nitrogens is 2. The largest absolute Gasteiger partial charge is 0.495 e. The van der Waals surface area contributed by atoms with Crippen LogP contribution in [0.4, 0.5) is 5.69 Å². The van der Waals surface area contributed by atoms with Gasteiger partial charge >= 0.3 is 0 Å². The van der Waals surface area contributed by atoms with Crippen LogP contribution in [0.2, 0.25) is 0 Å². The Labute approximate surface area is 144 Å². The summed E-state index contributed by atoms with van der Waals surface area (Å²) in [5.74, 6) is 0.190. The van der Waals surface area contributed by atoms with Gasteiger partial charge in [0.25, 0.3) is 5.91 Å². The third kappa shape index (κ3) is 3.77. The number of rotatable bonds is 5. The van der Waals surface area contributed by atoms with Crippen molar-refractivity contribution in [2.75, 3.05) is 12.4 Å². The Morgan fingerprint density at radius 1 is 1.20 bits per heavy atom. The van der Waals surface area contributed by atoms with Crippen molar-refractivity contribution in [1.82, 2.24) is 15.3 Å². The Balaban J connectivity index is 1.71. The third-order valence-corrected chi connectivity index (χ3v) is 3.71. The number of carbonyl (C=O) groups is 2. The van der Waals surface area contributed by atoms with Gasteiger partial charge in [-0.3, -0.25) is 9.59 Å². The second-order valence-corrected chi connectivity index (χ2v) is 5.53. The van der Waals surface area contributed by atoms with Crippen LogP contribution in [0.1, 0.15) is 22.8 Å². The van der Waals surface area contributed by atoms with E-state index in [2.05, 4.69) is 20.6 Å². The van der Waals surface area contributed by atoms with Crippen molar-refractivity contribution in [3.05, 3.63) is 53.9 Å². The molecule has 3 N–H and O–H groups in total. The highest BCUT2D eigenvalue weighted by atomic mass is 16.5. The zero-order chi connectivity index (χ0) is 17.8. The van der Waals surface area contributed by atoms with E-state index >= 15 is 0 Å². The monoisotopic (exact) mass is 338 g/mol. The number of anilines is 1. The summed E-state index contributed by atoms with van der Waals surface area (Å²) < 4.78 is 5.22. The fraction of sp³-hybridized carbons (Fsp3) is 0.167. The number of hydrogen-bond acceptors (Lipinski definition) is 4. The van der Waals surface area contributed by atoms with E-state index in [1.165, 1.54) is 14.0 Å². The van der Waals surface area contributed by atoms with Gasteiger partial charge in [-0.25, -0.2) is 4.98 Å². The maximum absolute atomic E-state index is 12.3. The average molecular weight is 338 g/mol. The summed E-state index contributed by atoms with van der Waals surface area (Å²) in [6.07, 6.45) is 1.59. The van der Waals surface area contributed by atoms with Gasteiger partial charge in [0.15, 0.2) is 0 Å². The molecule has 0 aliphatic rings. The summed E-state index contributed by atoms with van der Waals surface area (Å²) in [6, 6.07) is 10.7. The first-order chi connectivity index (χ1) is 12.1. The number of ether oxygens (including phenoxy) is 1. The van der Waals surface area contributed by atoms with Gasteiger partial charge in [0.05, 0.1) is 30.2 Å². The Morgan fingerprint density at radius 3 is 2.80 bits per heavy atom. The van der Waals surface area contributed by atoms with Crippen LogP contribution < -0.4 is 15.4 Å². The maximum atomic E-state index is 12.3. The van der Waals surface area contributed by atoms with E-state index < -0.39 is 0 Å². The van der Waals surface area contributed by atoms with Gasteiger partial charge < -0.3 is 20.4 Å². The first-order valence-corrected chi connectivity index (χ1v) is 7.72. The molecule has 0 spiro atoms. The number of amides is 2. The molecule has 3 aromatic rings. The van der Waals surface area contributed by atoms with Gasteiger partial charge in [-0.2, -0.15) is 0 Å². The quantitative estimate of drug-likeness (QED) is 0.666. The highest BCUT2D eigenvalue weighted by molar-refractivity contribution is 5.97. The normalized spacial score (nSPS) is 10.5. The van der Waals surface area contributed by atoms with Crippen LogP contribution in [0, 0.1) is 0 Å². The summed E-state index contributed by atoms with van der Waals surface area (Å²) in [7, 11) is 1.54. The van der Waals surface area contributed by atoms with E-state index in [4.69, 9.17) is 4.74 Å². The van der Waals surface area contributed by atoms with E-state index in [-0.39, 0.29) is 11.8 Å². The lowest BCUT2D eigenvalue weighted by atomic mass is 10.1. The number of nitrogens with one attached hydrogen (secondary N) is 3. The van der Waals surface area contributed by atoms with Gasteiger partial charge in [0, 0.05) is 19.0 Å². The predicted octanol–water partition coefficient (Wildman–Crippen LogP) is 2.46. The fourth-order valence-electron chi connectivity index (χ4n) is 2.51. The highest BCUT2D eigenvalue weighted by Gasteiger charge is 2.09. The fourth-order valence-corrected chi connectivity index (χ4v) is 2.51. The lowest BCUT2D eigenvalue weighted by Gasteiger charge is -2.12. The number of methoxy groups -OCH3 is 1. The van der Waals surface area contributed by atoms with Crippen molar-refractivity contribution in [2.24, 2.45) is 0 Å². The zero-order valence-corrected chi connectivity index (χ0v) is 13.9.